The molecular formula is C15H21NO2S. The zero-order valence-electron chi connectivity index (χ0n) is 11.6. The van der Waals surface area contributed by atoms with Crippen molar-refractivity contribution in [2.24, 2.45) is 5.41 Å². The van der Waals surface area contributed by atoms with Gasteiger partial charge in [0.1, 0.15) is 0 Å². The number of thioether (sulfide) groups is 1. The van der Waals surface area contributed by atoms with Crippen molar-refractivity contribution in [1.82, 2.24) is 5.32 Å². The predicted octanol–water partition coefficient (Wildman–Crippen LogP) is 3.04. The smallest absolute Gasteiger partial charge is 0.231 e. The normalized spacial score (nSPS) is 24.4. The number of benzene rings is 1. The average Bonchev–Trinajstić information content (AvgIpc) is 2.86. The maximum absolute atomic E-state index is 5.55. The minimum Gasteiger partial charge on any atom is -0.454 e. The second-order valence-electron chi connectivity index (χ2n) is 5.90. The maximum Gasteiger partial charge on any atom is 0.231 e. The van der Waals surface area contributed by atoms with Gasteiger partial charge in [0.15, 0.2) is 11.5 Å². The van der Waals surface area contributed by atoms with Gasteiger partial charge in [0.25, 0.3) is 0 Å². The molecule has 0 aliphatic carbocycles. The second-order valence-corrected chi connectivity index (χ2v) is 7.05. The Kier molecular flexibility index (Phi) is 3.63. The van der Waals surface area contributed by atoms with Gasteiger partial charge in [0, 0.05) is 23.9 Å². The zero-order valence-corrected chi connectivity index (χ0v) is 12.4. The van der Waals surface area contributed by atoms with Crippen molar-refractivity contribution in [2.75, 3.05) is 18.3 Å². The number of para-hydroxylation sites is 1. The summed E-state index contributed by atoms with van der Waals surface area (Å²) in [6.07, 6.45) is 1.28. The Balaban J connectivity index is 1.68. The lowest BCUT2D eigenvalue weighted by molar-refractivity contribution is 0.172. The summed E-state index contributed by atoms with van der Waals surface area (Å²) >= 11 is 2.05. The zero-order chi connectivity index (χ0) is 13.3. The second kappa shape index (κ2) is 5.25. The Morgan fingerprint density at radius 3 is 3.11 bits per heavy atom. The van der Waals surface area contributed by atoms with Crippen molar-refractivity contribution < 1.29 is 9.47 Å². The van der Waals surface area contributed by atoms with E-state index in [0.717, 1.165) is 18.0 Å². The molecule has 0 aromatic heterocycles. The Morgan fingerprint density at radius 1 is 1.37 bits per heavy atom. The van der Waals surface area contributed by atoms with Crippen LogP contribution in [-0.2, 0) is 6.54 Å². The average molecular weight is 279 g/mol. The van der Waals surface area contributed by atoms with Crippen LogP contribution in [0.15, 0.2) is 18.2 Å². The molecule has 104 valence electrons. The number of fused-ring (bicyclic) bond motifs is 1. The summed E-state index contributed by atoms with van der Waals surface area (Å²) in [5, 5.41) is 3.70. The molecule has 1 N–H and O–H groups in total. The molecule has 2 heterocycles. The highest BCUT2D eigenvalue weighted by molar-refractivity contribution is 7.99. The first kappa shape index (κ1) is 13.1. The van der Waals surface area contributed by atoms with Crippen LogP contribution in [0.5, 0.6) is 11.5 Å². The van der Waals surface area contributed by atoms with Gasteiger partial charge >= 0.3 is 0 Å². The van der Waals surface area contributed by atoms with Gasteiger partial charge in [0.2, 0.25) is 6.79 Å². The molecule has 0 saturated carbocycles. The third-order valence-electron chi connectivity index (χ3n) is 4.14. The topological polar surface area (TPSA) is 30.5 Å². The van der Waals surface area contributed by atoms with Crippen molar-refractivity contribution >= 4 is 11.8 Å². The molecule has 3 nitrogen and oxygen atoms in total. The van der Waals surface area contributed by atoms with Gasteiger partial charge in [-0.05, 0) is 23.7 Å². The van der Waals surface area contributed by atoms with Gasteiger partial charge in [-0.2, -0.15) is 11.8 Å². The molecule has 2 aliphatic rings. The molecule has 2 aliphatic heterocycles. The first-order valence-electron chi connectivity index (χ1n) is 6.85. The van der Waals surface area contributed by atoms with E-state index in [2.05, 4.69) is 25.2 Å². The monoisotopic (exact) mass is 279 g/mol. The fraction of sp³-hybridized carbons (Fsp3) is 0.600. The van der Waals surface area contributed by atoms with Crippen molar-refractivity contribution in [1.29, 1.82) is 0 Å². The van der Waals surface area contributed by atoms with E-state index in [1.54, 1.807) is 0 Å². The molecule has 0 spiro atoms. The third kappa shape index (κ3) is 2.70. The van der Waals surface area contributed by atoms with Crippen molar-refractivity contribution in [3.8, 4) is 11.5 Å². The van der Waals surface area contributed by atoms with Crippen LogP contribution in [0.4, 0.5) is 0 Å². The van der Waals surface area contributed by atoms with Crippen molar-refractivity contribution in [3.63, 3.8) is 0 Å². The van der Waals surface area contributed by atoms with Gasteiger partial charge < -0.3 is 14.8 Å². The number of ether oxygens (including phenoxy) is 2. The number of hydrogen-bond donors (Lipinski definition) is 1. The van der Waals surface area contributed by atoms with Crippen LogP contribution in [0.2, 0.25) is 0 Å². The van der Waals surface area contributed by atoms with Gasteiger partial charge in [-0.1, -0.05) is 26.0 Å². The van der Waals surface area contributed by atoms with E-state index in [0.29, 0.717) is 18.2 Å². The van der Waals surface area contributed by atoms with Gasteiger partial charge in [0.05, 0.1) is 0 Å². The molecule has 19 heavy (non-hydrogen) atoms. The summed E-state index contributed by atoms with van der Waals surface area (Å²) in [7, 11) is 0. The van der Waals surface area contributed by atoms with Gasteiger partial charge in [-0.15, -0.1) is 0 Å². The van der Waals surface area contributed by atoms with Gasteiger partial charge in [-0.25, -0.2) is 0 Å². The molecule has 1 fully saturated rings. The third-order valence-corrected chi connectivity index (χ3v) is 5.20. The van der Waals surface area contributed by atoms with Crippen LogP contribution in [0.1, 0.15) is 25.8 Å². The summed E-state index contributed by atoms with van der Waals surface area (Å²) in [4.78, 5) is 0. The van der Waals surface area contributed by atoms with E-state index < -0.39 is 0 Å². The van der Waals surface area contributed by atoms with Crippen LogP contribution < -0.4 is 14.8 Å². The van der Waals surface area contributed by atoms with E-state index in [9.17, 15) is 0 Å². The largest absolute Gasteiger partial charge is 0.454 e. The summed E-state index contributed by atoms with van der Waals surface area (Å²) < 4.78 is 11.0. The lowest BCUT2D eigenvalue weighted by atomic mass is 9.82. The van der Waals surface area contributed by atoms with Crippen LogP contribution in [0.3, 0.4) is 0 Å². The van der Waals surface area contributed by atoms with E-state index in [1.807, 2.05) is 23.9 Å². The predicted molar refractivity (Wildman–Crippen MR) is 78.9 cm³/mol. The van der Waals surface area contributed by atoms with Crippen LogP contribution >= 0.6 is 11.8 Å². The van der Waals surface area contributed by atoms with E-state index in [4.69, 9.17) is 9.47 Å². The lowest BCUT2D eigenvalue weighted by Crippen LogP contribution is -2.46. The molecule has 1 saturated heterocycles. The molecule has 1 atom stereocenters. The Labute approximate surface area is 119 Å². The van der Waals surface area contributed by atoms with E-state index >= 15 is 0 Å². The Morgan fingerprint density at radius 2 is 2.26 bits per heavy atom. The summed E-state index contributed by atoms with van der Waals surface area (Å²) in [6.45, 7) is 5.91. The molecular weight excluding hydrogens is 258 g/mol. The molecule has 1 unspecified atom stereocenters. The number of nitrogens with one attached hydrogen (secondary N) is 1. The summed E-state index contributed by atoms with van der Waals surface area (Å²) in [5.41, 5.74) is 1.57. The minimum atomic E-state index is 0.344. The highest BCUT2D eigenvalue weighted by Crippen LogP contribution is 2.37. The van der Waals surface area contributed by atoms with Gasteiger partial charge in [-0.3, -0.25) is 0 Å². The summed E-state index contributed by atoms with van der Waals surface area (Å²) in [5.74, 6) is 4.26. The Hall–Kier alpha value is -0.870. The highest BCUT2D eigenvalue weighted by Gasteiger charge is 2.32. The first-order chi connectivity index (χ1) is 9.17. The Bertz CT molecular complexity index is 461. The highest BCUT2D eigenvalue weighted by atomic mass is 32.2. The molecule has 1 aromatic rings. The number of rotatable bonds is 3. The van der Waals surface area contributed by atoms with E-state index in [1.165, 1.54) is 23.5 Å². The molecule has 1 aromatic carbocycles. The minimum absolute atomic E-state index is 0.344. The molecule has 0 bridgehead atoms. The summed E-state index contributed by atoms with van der Waals surface area (Å²) in [6, 6.07) is 6.67. The lowest BCUT2D eigenvalue weighted by Gasteiger charge is -2.39. The van der Waals surface area contributed by atoms with Crippen molar-refractivity contribution in [2.45, 2.75) is 32.9 Å². The standard InChI is InChI=1S/C15H21NO2S/c1-15(2)6-7-19-9-13(15)16-8-11-4-3-5-12-14(11)18-10-17-12/h3-5,13,16H,6-10H2,1-2H3. The SMILES string of the molecule is CC1(C)CCSCC1NCc1cccc2c1OCO2. The van der Waals surface area contributed by atoms with Crippen molar-refractivity contribution in [3.05, 3.63) is 23.8 Å². The fourth-order valence-electron chi connectivity index (χ4n) is 2.63. The molecule has 0 radical (unpaired) electrons. The molecule has 0 amide bonds. The molecule has 3 rings (SSSR count). The fourth-order valence-corrected chi connectivity index (χ4v) is 4.28. The first-order valence-corrected chi connectivity index (χ1v) is 8.01. The quantitative estimate of drug-likeness (QED) is 0.921. The van der Waals surface area contributed by atoms with Crippen LogP contribution in [-0.4, -0.2) is 24.3 Å². The number of hydrogen-bond acceptors (Lipinski definition) is 4. The molecule has 4 heteroatoms. The van der Waals surface area contributed by atoms with E-state index in [-0.39, 0.29) is 0 Å². The van der Waals surface area contributed by atoms with Crippen LogP contribution in [0.25, 0.3) is 0 Å². The van der Waals surface area contributed by atoms with Crippen LogP contribution in [0, 0.1) is 5.41 Å². The maximum atomic E-state index is 5.55.